The number of carbonyl (C=O) groups excluding carboxylic acids is 1. The van der Waals surface area contributed by atoms with Crippen molar-refractivity contribution in [3.8, 4) is 0 Å². The highest BCUT2D eigenvalue weighted by molar-refractivity contribution is 5.90. The summed E-state index contributed by atoms with van der Waals surface area (Å²) in [5, 5.41) is 12.9. The molecule has 1 aromatic carbocycles. The number of rotatable bonds is 2. The van der Waals surface area contributed by atoms with Crippen LogP contribution in [-0.2, 0) is 0 Å². The molecule has 0 bridgehead atoms. The molecule has 1 heterocycles. The second-order valence-electron chi connectivity index (χ2n) is 5.85. The van der Waals surface area contributed by atoms with E-state index in [2.05, 4.69) is 5.32 Å². The lowest BCUT2D eigenvalue weighted by Crippen LogP contribution is -2.49. The number of likely N-dealkylation sites (tertiary alicyclic amines) is 1. The van der Waals surface area contributed by atoms with E-state index in [0.717, 1.165) is 12.8 Å². The smallest absolute Gasteiger partial charge is 0.322 e. The van der Waals surface area contributed by atoms with Crippen LogP contribution >= 0.6 is 0 Å². The molecule has 1 aromatic rings. The van der Waals surface area contributed by atoms with Crippen LogP contribution in [0.3, 0.4) is 0 Å². The molecule has 1 aliphatic rings. The Morgan fingerprint density at radius 2 is 2.20 bits per heavy atom. The molecular formula is C15H21FN2O2. The number of amides is 2. The number of hydrogen-bond acceptors (Lipinski definition) is 2. The van der Waals surface area contributed by atoms with Gasteiger partial charge >= 0.3 is 6.03 Å². The van der Waals surface area contributed by atoms with Crippen molar-refractivity contribution in [1.82, 2.24) is 4.90 Å². The molecule has 1 unspecified atom stereocenters. The molecule has 0 aromatic heterocycles. The van der Waals surface area contributed by atoms with Gasteiger partial charge in [0.15, 0.2) is 0 Å². The summed E-state index contributed by atoms with van der Waals surface area (Å²) < 4.78 is 13.5. The molecule has 0 radical (unpaired) electrons. The zero-order valence-electron chi connectivity index (χ0n) is 12.1. The van der Waals surface area contributed by atoms with Crippen molar-refractivity contribution < 1.29 is 14.3 Å². The molecule has 0 aliphatic carbocycles. The van der Waals surface area contributed by atoms with E-state index in [1.165, 1.54) is 6.07 Å². The summed E-state index contributed by atoms with van der Waals surface area (Å²) in [4.78, 5) is 13.9. The van der Waals surface area contributed by atoms with Gasteiger partial charge in [0, 0.05) is 17.8 Å². The van der Waals surface area contributed by atoms with E-state index >= 15 is 0 Å². The maximum absolute atomic E-state index is 13.5. The predicted molar refractivity (Wildman–Crippen MR) is 76.2 cm³/mol. The van der Waals surface area contributed by atoms with Crippen molar-refractivity contribution in [3.63, 3.8) is 0 Å². The van der Waals surface area contributed by atoms with Crippen molar-refractivity contribution >= 4 is 11.7 Å². The fraction of sp³-hybridized carbons (Fsp3) is 0.533. The molecule has 1 fully saturated rings. The van der Waals surface area contributed by atoms with Crippen molar-refractivity contribution in [2.24, 2.45) is 0 Å². The molecule has 2 N–H and O–H groups in total. The lowest BCUT2D eigenvalue weighted by molar-refractivity contribution is 0.0117. The highest BCUT2D eigenvalue weighted by Gasteiger charge is 2.38. The highest BCUT2D eigenvalue weighted by Crippen LogP contribution is 2.28. The number of halogens is 1. The Balaban J connectivity index is 2.14. The number of nitrogens with zero attached hydrogens (tertiary/aromatic N) is 1. The quantitative estimate of drug-likeness (QED) is 0.875. The van der Waals surface area contributed by atoms with Gasteiger partial charge in [-0.1, -0.05) is 6.07 Å². The van der Waals surface area contributed by atoms with E-state index in [1.54, 1.807) is 37.8 Å². The highest BCUT2D eigenvalue weighted by atomic mass is 19.1. The number of aliphatic hydroxyl groups is 1. The summed E-state index contributed by atoms with van der Waals surface area (Å²) in [6.07, 6.45) is 1.64. The molecular weight excluding hydrogens is 259 g/mol. The SMILES string of the molecule is Cc1c(F)cccc1NC(=O)N1CCCC1C(C)(C)O. The van der Waals surface area contributed by atoms with Crippen LogP contribution in [0.25, 0.3) is 0 Å². The molecule has 2 amide bonds. The lowest BCUT2D eigenvalue weighted by Gasteiger charge is -2.33. The predicted octanol–water partition coefficient (Wildman–Crippen LogP) is 2.90. The van der Waals surface area contributed by atoms with Crippen LogP contribution in [-0.4, -0.2) is 34.2 Å². The zero-order valence-corrected chi connectivity index (χ0v) is 12.1. The normalized spacial score (nSPS) is 19.2. The fourth-order valence-corrected chi connectivity index (χ4v) is 2.67. The Bertz CT molecular complexity index is 511. The van der Waals surface area contributed by atoms with Crippen LogP contribution in [0.4, 0.5) is 14.9 Å². The summed E-state index contributed by atoms with van der Waals surface area (Å²) in [6, 6.07) is 4.10. The molecule has 1 atom stereocenters. The summed E-state index contributed by atoms with van der Waals surface area (Å²) in [5.41, 5.74) is -0.0542. The minimum Gasteiger partial charge on any atom is -0.388 e. The third-order valence-corrected chi connectivity index (χ3v) is 3.84. The third-order valence-electron chi connectivity index (χ3n) is 3.84. The van der Waals surface area contributed by atoms with Crippen LogP contribution in [0.15, 0.2) is 18.2 Å². The molecule has 1 saturated heterocycles. The monoisotopic (exact) mass is 280 g/mol. The molecule has 0 spiro atoms. The van der Waals surface area contributed by atoms with Gasteiger partial charge in [-0.3, -0.25) is 0 Å². The number of hydrogen-bond donors (Lipinski definition) is 2. The topological polar surface area (TPSA) is 52.6 Å². The minimum atomic E-state index is -0.940. The summed E-state index contributed by atoms with van der Waals surface area (Å²) in [5.74, 6) is -0.344. The number of carbonyl (C=O) groups is 1. The van der Waals surface area contributed by atoms with Gasteiger partial charge in [0.25, 0.3) is 0 Å². The van der Waals surface area contributed by atoms with Crippen LogP contribution < -0.4 is 5.32 Å². The van der Waals surface area contributed by atoms with E-state index in [0.29, 0.717) is 17.8 Å². The Morgan fingerprint density at radius 3 is 2.85 bits per heavy atom. The molecule has 2 rings (SSSR count). The van der Waals surface area contributed by atoms with E-state index in [9.17, 15) is 14.3 Å². The van der Waals surface area contributed by atoms with Crippen molar-refractivity contribution in [2.45, 2.75) is 45.3 Å². The average Bonchev–Trinajstić information content (AvgIpc) is 2.84. The summed E-state index contributed by atoms with van der Waals surface area (Å²) in [7, 11) is 0. The van der Waals surface area contributed by atoms with Crippen LogP contribution in [0.5, 0.6) is 0 Å². The van der Waals surface area contributed by atoms with E-state index < -0.39 is 5.60 Å². The van der Waals surface area contributed by atoms with Gasteiger partial charge in [0.05, 0.1) is 11.6 Å². The molecule has 4 nitrogen and oxygen atoms in total. The van der Waals surface area contributed by atoms with Gasteiger partial charge in [-0.05, 0) is 45.7 Å². The maximum Gasteiger partial charge on any atom is 0.322 e. The van der Waals surface area contributed by atoms with E-state index in [1.807, 2.05) is 0 Å². The van der Waals surface area contributed by atoms with Gasteiger partial charge < -0.3 is 15.3 Å². The molecule has 0 saturated carbocycles. The van der Waals surface area contributed by atoms with Crippen LogP contribution in [0.1, 0.15) is 32.3 Å². The summed E-state index contributed by atoms with van der Waals surface area (Å²) in [6.45, 7) is 5.64. The maximum atomic E-state index is 13.5. The van der Waals surface area contributed by atoms with Crippen LogP contribution in [0.2, 0.25) is 0 Å². The minimum absolute atomic E-state index is 0.212. The van der Waals surface area contributed by atoms with E-state index in [-0.39, 0.29) is 17.9 Å². The number of anilines is 1. The Morgan fingerprint density at radius 1 is 1.50 bits per heavy atom. The first-order valence-corrected chi connectivity index (χ1v) is 6.86. The Kier molecular flexibility index (Phi) is 3.99. The van der Waals surface area contributed by atoms with Gasteiger partial charge in [-0.2, -0.15) is 0 Å². The van der Waals surface area contributed by atoms with Crippen LogP contribution in [0, 0.1) is 12.7 Å². The number of urea groups is 1. The standard InChI is InChI=1S/C15H21FN2O2/c1-10-11(16)6-4-7-12(10)17-14(19)18-9-5-8-13(18)15(2,3)20/h4,6-7,13,20H,5,8-9H2,1-3H3,(H,17,19). The Hall–Kier alpha value is -1.62. The first kappa shape index (κ1) is 14.8. The first-order chi connectivity index (χ1) is 9.30. The molecule has 5 heteroatoms. The second-order valence-corrected chi connectivity index (χ2v) is 5.85. The zero-order chi connectivity index (χ0) is 14.9. The fourth-order valence-electron chi connectivity index (χ4n) is 2.67. The number of nitrogens with one attached hydrogen (secondary N) is 1. The molecule has 1 aliphatic heterocycles. The van der Waals surface area contributed by atoms with Gasteiger partial charge in [-0.15, -0.1) is 0 Å². The number of benzene rings is 1. The van der Waals surface area contributed by atoms with Crippen molar-refractivity contribution in [3.05, 3.63) is 29.6 Å². The summed E-state index contributed by atoms with van der Waals surface area (Å²) >= 11 is 0. The molecule has 20 heavy (non-hydrogen) atoms. The van der Waals surface area contributed by atoms with Gasteiger partial charge in [-0.25, -0.2) is 9.18 Å². The van der Waals surface area contributed by atoms with Gasteiger partial charge in [0.1, 0.15) is 5.82 Å². The van der Waals surface area contributed by atoms with Crippen molar-refractivity contribution in [2.75, 3.05) is 11.9 Å². The Labute approximate surface area is 118 Å². The second kappa shape index (κ2) is 5.40. The largest absolute Gasteiger partial charge is 0.388 e. The first-order valence-electron chi connectivity index (χ1n) is 6.86. The van der Waals surface area contributed by atoms with E-state index in [4.69, 9.17) is 0 Å². The average molecular weight is 280 g/mol. The molecule has 110 valence electrons. The third kappa shape index (κ3) is 2.93. The van der Waals surface area contributed by atoms with Crippen molar-refractivity contribution in [1.29, 1.82) is 0 Å². The lowest BCUT2D eigenvalue weighted by atomic mass is 9.97. The van der Waals surface area contributed by atoms with Gasteiger partial charge in [0.2, 0.25) is 0 Å².